The normalized spacial score (nSPS) is 14.5. The van der Waals surface area contributed by atoms with Crippen LogP contribution in [0.25, 0.3) is 0 Å². The lowest BCUT2D eigenvalue weighted by molar-refractivity contribution is 0.179. The molecule has 0 fully saturated rings. The lowest BCUT2D eigenvalue weighted by Gasteiger charge is -2.30. The molecule has 0 aromatic heterocycles. The van der Waals surface area contributed by atoms with Crippen LogP contribution in [0.1, 0.15) is 20.3 Å². The largest absolute Gasteiger partial charge is 0.385 e. The Labute approximate surface area is 90.9 Å². The fourth-order valence-electron chi connectivity index (χ4n) is 1.07. The van der Waals surface area contributed by atoms with E-state index in [2.05, 4.69) is 12.2 Å². The van der Waals surface area contributed by atoms with Gasteiger partial charge in [-0.05, 0) is 20.3 Å². The van der Waals surface area contributed by atoms with E-state index >= 15 is 0 Å². The fourth-order valence-corrected chi connectivity index (χ4v) is 1.51. The van der Waals surface area contributed by atoms with Gasteiger partial charge in [-0.2, -0.15) is 0 Å². The molecule has 0 saturated carbocycles. The maximum absolute atomic E-state index is 5.81. The predicted molar refractivity (Wildman–Crippen MR) is 58.9 cm³/mol. The molecule has 0 bridgehead atoms. The van der Waals surface area contributed by atoms with Crippen LogP contribution in [0.2, 0.25) is 0 Å². The number of rotatable bonds is 7. The number of halogens is 2. The van der Waals surface area contributed by atoms with Crippen molar-refractivity contribution in [1.29, 1.82) is 0 Å². The van der Waals surface area contributed by atoms with Gasteiger partial charge >= 0.3 is 0 Å². The van der Waals surface area contributed by atoms with Crippen LogP contribution in [0.3, 0.4) is 0 Å². The minimum absolute atomic E-state index is 0.170. The van der Waals surface area contributed by atoms with Gasteiger partial charge in [0.1, 0.15) is 0 Å². The topological polar surface area (TPSA) is 21.3 Å². The Morgan fingerprint density at radius 3 is 2.31 bits per heavy atom. The number of hydrogen-bond acceptors (Lipinski definition) is 2. The highest BCUT2D eigenvalue weighted by molar-refractivity contribution is 6.22. The smallest absolute Gasteiger partial charge is 0.0476 e. The van der Waals surface area contributed by atoms with Crippen LogP contribution in [-0.2, 0) is 4.74 Å². The standard InChI is InChI=1S/C9H19Cl2NO/c1-8(4-5-13-3)12-9(2,6-10)7-11/h8,12H,4-7H2,1-3H3. The lowest BCUT2D eigenvalue weighted by Crippen LogP contribution is -2.50. The number of ether oxygens (including phenoxy) is 1. The summed E-state index contributed by atoms with van der Waals surface area (Å²) in [6.07, 6.45) is 0.972. The van der Waals surface area contributed by atoms with E-state index in [0.29, 0.717) is 17.8 Å². The lowest BCUT2D eigenvalue weighted by atomic mass is 10.1. The Hall–Kier alpha value is 0.500. The molecule has 0 aromatic carbocycles. The summed E-state index contributed by atoms with van der Waals surface area (Å²) in [5.74, 6) is 1.04. The molecular formula is C9H19Cl2NO. The monoisotopic (exact) mass is 227 g/mol. The summed E-state index contributed by atoms with van der Waals surface area (Å²) in [6.45, 7) is 4.89. The SMILES string of the molecule is COCCC(C)NC(C)(CCl)CCl. The third-order valence-electron chi connectivity index (χ3n) is 1.94. The average Bonchev–Trinajstić information content (AvgIpc) is 2.14. The maximum Gasteiger partial charge on any atom is 0.0476 e. The summed E-state index contributed by atoms with van der Waals surface area (Å²) in [5, 5.41) is 3.38. The zero-order chi connectivity index (χ0) is 10.3. The van der Waals surface area contributed by atoms with E-state index in [-0.39, 0.29) is 5.54 Å². The van der Waals surface area contributed by atoms with Crippen molar-refractivity contribution in [3.05, 3.63) is 0 Å². The van der Waals surface area contributed by atoms with Gasteiger partial charge in [0.05, 0.1) is 0 Å². The number of nitrogens with one attached hydrogen (secondary N) is 1. The maximum atomic E-state index is 5.81. The summed E-state index contributed by atoms with van der Waals surface area (Å²) in [7, 11) is 1.70. The van der Waals surface area contributed by atoms with E-state index < -0.39 is 0 Å². The Morgan fingerprint density at radius 2 is 1.92 bits per heavy atom. The van der Waals surface area contributed by atoms with Gasteiger partial charge in [0.25, 0.3) is 0 Å². The van der Waals surface area contributed by atoms with Crippen LogP contribution >= 0.6 is 23.2 Å². The van der Waals surface area contributed by atoms with Crippen molar-refractivity contribution in [3.63, 3.8) is 0 Å². The molecular weight excluding hydrogens is 209 g/mol. The number of hydrogen-bond donors (Lipinski definition) is 1. The van der Waals surface area contributed by atoms with Crippen LogP contribution in [0, 0.1) is 0 Å². The molecule has 1 atom stereocenters. The average molecular weight is 228 g/mol. The molecule has 0 heterocycles. The quantitative estimate of drug-likeness (QED) is 0.675. The van der Waals surface area contributed by atoms with Gasteiger partial charge in [-0.15, -0.1) is 23.2 Å². The molecule has 0 rings (SSSR count). The molecule has 0 aliphatic carbocycles. The highest BCUT2D eigenvalue weighted by atomic mass is 35.5. The van der Waals surface area contributed by atoms with Crippen molar-refractivity contribution in [1.82, 2.24) is 5.32 Å². The van der Waals surface area contributed by atoms with E-state index in [1.807, 2.05) is 6.92 Å². The van der Waals surface area contributed by atoms with E-state index in [9.17, 15) is 0 Å². The van der Waals surface area contributed by atoms with Crippen LogP contribution in [0.5, 0.6) is 0 Å². The minimum atomic E-state index is -0.170. The Balaban J connectivity index is 3.79. The molecule has 0 radical (unpaired) electrons. The van der Waals surface area contributed by atoms with Crippen molar-refractivity contribution < 1.29 is 4.74 Å². The highest BCUT2D eigenvalue weighted by Crippen LogP contribution is 2.11. The zero-order valence-corrected chi connectivity index (χ0v) is 10.1. The van der Waals surface area contributed by atoms with Gasteiger partial charge in [0.2, 0.25) is 0 Å². The second kappa shape index (κ2) is 6.88. The molecule has 80 valence electrons. The van der Waals surface area contributed by atoms with Crippen molar-refractivity contribution in [3.8, 4) is 0 Å². The van der Waals surface area contributed by atoms with E-state index in [0.717, 1.165) is 13.0 Å². The Morgan fingerprint density at radius 1 is 1.38 bits per heavy atom. The molecule has 4 heteroatoms. The molecule has 0 aromatic rings. The van der Waals surface area contributed by atoms with Gasteiger partial charge < -0.3 is 10.1 Å². The molecule has 2 nitrogen and oxygen atoms in total. The molecule has 1 N–H and O–H groups in total. The molecule has 13 heavy (non-hydrogen) atoms. The van der Waals surface area contributed by atoms with Gasteiger partial charge in [0.15, 0.2) is 0 Å². The van der Waals surface area contributed by atoms with Crippen molar-refractivity contribution >= 4 is 23.2 Å². The minimum Gasteiger partial charge on any atom is -0.385 e. The van der Waals surface area contributed by atoms with Gasteiger partial charge in [-0.3, -0.25) is 0 Å². The van der Waals surface area contributed by atoms with E-state index in [1.165, 1.54) is 0 Å². The van der Waals surface area contributed by atoms with E-state index in [1.54, 1.807) is 7.11 Å². The molecule has 0 amide bonds. The fraction of sp³-hybridized carbons (Fsp3) is 1.00. The highest BCUT2D eigenvalue weighted by Gasteiger charge is 2.23. The first-order chi connectivity index (χ1) is 6.08. The summed E-state index contributed by atoms with van der Waals surface area (Å²) in [6, 6.07) is 0.377. The molecule has 0 aliphatic rings. The summed E-state index contributed by atoms with van der Waals surface area (Å²) in [5.41, 5.74) is -0.170. The van der Waals surface area contributed by atoms with Gasteiger partial charge in [0, 0.05) is 37.1 Å². The first-order valence-electron chi connectivity index (χ1n) is 4.46. The second-order valence-corrected chi connectivity index (χ2v) is 4.19. The molecule has 0 saturated heterocycles. The third-order valence-corrected chi connectivity index (χ3v) is 3.12. The molecule has 1 unspecified atom stereocenters. The second-order valence-electron chi connectivity index (χ2n) is 3.65. The van der Waals surface area contributed by atoms with E-state index in [4.69, 9.17) is 27.9 Å². The van der Waals surface area contributed by atoms with Crippen molar-refractivity contribution in [2.45, 2.75) is 31.8 Å². The Bertz CT molecular complexity index is 129. The van der Waals surface area contributed by atoms with Crippen molar-refractivity contribution in [2.24, 2.45) is 0 Å². The third kappa shape index (κ3) is 5.74. The van der Waals surface area contributed by atoms with Gasteiger partial charge in [-0.25, -0.2) is 0 Å². The predicted octanol–water partition coefficient (Wildman–Crippen LogP) is 2.24. The van der Waals surface area contributed by atoms with Crippen LogP contribution in [0.4, 0.5) is 0 Å². The number of methoxy groups -OCH3 is 1. The zero-order valence-electron chi connectivity index (χ0n) is 8.57. The number of alkyl halides is 2. The summed E-state index contributed by atoms with van der Waals surface area (Å²) >= 11 is 11.6. The molecule has 0 aliphatic heterocycles. The molecule has 0 spiro atoms. The summed E-state index contributed by atoms with van der Waals surface area (Å²) < 4.78 is 4.99. The first-order valence-corrected chi connectivity index (χ1v) is 5.53. The van der Waals surface area contributed by atoms with Crippen molar-refractivity contribution in [2.75, 3.05) is 25.5 Å². The van der Waals surface area contributed by atoms with Crippen LogP contribution in [-0.4, -0.2) is 37.1 Å². The van der Waals surface area contributed by atoms with Crippen LogP contribution < -0.4 is 5.32 Å². The van der Waals surface area contributed by atoms with Crippen LogP contribution in [0.15, 0.2) is 0 Å². The first kappa shape index (κ1) is 13.5. The van der Waals surface area contributed by atoms with Gasteiger partial charge in [-0.1, -0.05) is 0 Å². The summed E-state index contributed by atoms with van der Waals surface area (Å²) in [4.78, 5) is 0. The Kier molecular flexibility index (Phi) is 7.15.